The number of para-hydroxylation sites is 1. The van der Waals surface area contributed by atoms with Crippen LogP contribution in [0.1, 0.15) is 40.0 Å². The van der Waals surface area contributed by atoms with Crippen LogP contribution in [-0.2, 0) is 9.59 Å². The smallest absolute Gasteiger partial charge is 0.383 e. The molecular weight excluding hydrogens is 312 g/mol. The lowest BCUT2D eigenvalue weighted by atomic mass is 10.1. The summed E-state index contributed by atoms with van der Waals surface area (Å²) in [7, 11) is 0. The van der Waals surface area contributed by atoms with E-state index in [0.29, 0.717) is 18.2 Å². The van der Waals surface area contributed by atoms with Crippen molar-refractivity contribution in [1.82, 2.24) is 0 Å². The molecule has 0 amide bonds. The van der Waals surface area contributed by atoms with Gasteiger partial charge in [0.2, 0.25) is 0 Å². The molecule has 0 spiro atoms. The zero-order valence-corrected chi connectivity index (χ0v) is 14.0. The maximum Gasteiger partial charge on any atom is 0.383 e. The fourth-order valence-corrected chi connectivity index (χ4v) is 2.03. The van der Waals surface area contributed by atoms with Gasteiger partial charge in [-0.2, -0.15) is 0 Å². The van der Waals surface area contributed by atoms with Crippen molar-refractivity contribution in [3.05, 3.63) is 34.7 Å². The molecule has 2 rings (SSSR count). The third kappa shape index (κ3) is 3.82. The van der Waals surface area contributed by atoms with Crippen LogP contribution < -0.4 is 15.1 Å². The van der Waals surface area contributed by atoms with Crippen molar-refractivity contribution in [2.24, 2.45) is 5.92 Å². The number of fused-ring (bicyclic) bond motifs is 1. The summed E-state index contributed by atoms with van der Waals surface area (Å²) in [5.41, 5.74) is -0.602. The van der Waals surface area contributed by atoms with Gasteiger partial charge in [-0.25, -0.2) is 4.79 Å². The van der Waals surface area contributed by atoms with Crippen molar-refractivity contribution in [3.63, 3.8) is 0 Å². The van der Waals surface area contributed by atoms with Gasteiger partial charge >= 0.3 is 17.6 Å². The molecule has 6 nitrogen and oxygen atoms in total. The predicted octanol–water partition coefficient (Wildman–Crippen LogP) is 3.45. The van der Waals surface area contributed by atoms with Gasteiger partial charge in [0.15, 0.2) is 5.75 Å². The number of carbonyl (C=O) groups is 2. The van der Waals surface area contributed by atoms with Crippen molar-refractivity contribution in [2.45, 2.75) is 40.0 Å². The molecule has 0 radical (unpaired) electrons. The van der Waals surface area contributed by atoms with E-state index >= 15 is 0 Å². The van der Waals surface area contributed by atoms with Crippen LogP contribution in [0, 0.1) is 5.92 Å². The van der Waals surface area contributed by atoms with Crippen LogP contribution in [0.4, 0.5) is 0 Å². The van der Waals surface area contributed by atoms with E-state index in [2.05, 4.69) is 0 Å². The molecule has 0 saturated heterocycles. The van der Waals surface area contributed by atoms with Gasteiger partial charge in [-0.3, -0.25) is 9.59 Å². The topological polar surface area (TPSA) is 82.8 Å². The van der Waals surface area contributed by atoms with Crippen LogP contribution >= 0.6 is 0 Å². The molecule has 0 aliphatic carbocycles. The lowest BCUT2D eigenvalue weighted by molar-refractivity contribution is -0.140. The van der Waals surface area contributed by atoms with Gasteiger partial charge in [-0.05, 0) is 25.0 Å². The zero-order valence-electron chi connectivity index (χ0n) is 14.0. The van der Waals surface area contributed by atoms with Gasteiger partial charge in [0.05, 0.1) is 11.3 Å². The molecule has 1 aromatic heterocycles. The quantitative estimate of drug-likeness (QED) is 0.595. The van der Waals surface area contributed by atoms with Crippen LogP contribution in [0.5, 0.6) is 11.5 Å². The van der Waals surface area contributed by atoms with Gasteiger partial charge in [-0.1, -0.05) is 32.9 Å². The Kier molecular flexibility index (Phi) is 5.73. The second-order valence-corrected chi connectivity index (χ2v) is 5.50. The summed E-state index contributed by atoms with van der Waals surface area (Å²) >= 11 is 0. The summed E-state index contributed by atoms with van der Waals surface area (Å²) in [5.74, 6) is -1.93. The molecule has 0 fully saturated rings. The number of rotatable bonds is 6. The van der Waals surface area contributed by atoms with Crippen LogP contribution in [0.2, 0.25) is 0 Å². The van der Waals surface area contributed by atoms with Crippen molar-refractivity contribution in [3.8, 4) is 11.5 Å². The van der Waals surface area contributed by atoms with Gasteiger partial charge in [0.1, 0.15) is 5.58 Å². The highest BCUT2D eigenvalue weighted by molar-refractivity contribution is 5.89. The minimum Gasteiger partial charge on any atom is -0.421 e. The molecule has 24 heavy (non-hydrogen) atoms. The van der Waals surface area contributed by atoms with Crippen LogP contribution in [0.25, 0.3) is 11.0 Å². The van der Waals surface area contributed by atoms with Crippen molar-refractivity contribution >= 4 is 22.9 Å². The fraction of sp³-hybridized carbons (Fsp3) is 0.389. The van der Waals surface area contributed by atoms with Crippen molar-refractivity contribution < 1.29 is 23.5 Å². The van der Waals surface area contributed by atoms with E-state index in [1.54, 1.807) is 31.2 Å². The lowest BCUT2D eigenvalue weighted by Gasteiger charge is -2.13. The third-order valence-electron chi connectivity index (χ3n) is 3.61. The number of hydrogen-bond acceptors (Lipinski definition) is 6. The molecule has 0 bridgehead atoms. The Morgan fingerprint density at radius 3 is 2.50 bits per heavy atom. The first kappa shape index (κ1) is 17.7. The molecule has 1 atom stereocenters. The van der Waals surface area contributed by atoms with Gasteiger partial charge in [0.25, 0.3) is 5.75 Å². The first-order valence-electron chi connectivity index (χ1n) is 7.96. The average molecular weight is 332 g/mol. The van der Waals surface area contributed by atoms with E-state index in [0.717, 1.165) is 0 Å². The van der Waals surface area contributed by atoms with Crippen LogP contribution in [0.15, 0.2) is 33.5 Å². The lowest BCUT2D eigenvalue weighted by Crippen LogP contribution is -2.22. The minimum absolute atomic E-state index is 0.0723. The fourth-order valence-electron chi connectivity index (χ4n) is 2.03. The van der Waals surface area contributed by atoms with E-state index in [4.69, 9.17) is 13.9 Å². The molecule has 128 valence electrons. The van der Waals surface area contributed by atoms with Crippen LogP contribution in [0.3, 0.4) is 0 Å². The number of ether oxygens (including phenoxy) is 2. The van der Waals surface area contributed by atoms with Crippen molar-refractivity contribution in [1.29, 1.82) is 0 Å². The summed E-state index contributed by atoms with van der Waals surface area (Å²) in [5, 5.41) is 0.397. The Bertz CT molecular complexity index is 805. The number of carbonyl (C=O) groups excluding carboxylic acids is 2. The van der Waals surface area contributed by atoms with E-state index in [9.17, 15) is 14.4 Å². The Labute approximate surface area is 139 Å². The molecule has 0 saturated carbocycles. The molecule has 0 aliphatic heterocycles. The monoisotopic (exact) mass is 332 g/mol. The maximum absolute atomic E-state index is 12.2. The van der Waals surface area contributed by atoms with Gasteiger partial charge < -0.3 is 13.9 Å². The summed E-state index contributed by atoms with van der Waals surface area (Å²) in [4.78, 5) is 36.2. The Hall–Kier alpha value is -2.63. The zero-order chi connectivity index (χ0) is 17.7. The first-order chi connectivity index (χ1) is 11.5. The highest BCUT2D eigenvalue weighted by Crippen LogP contribution is 2.33. The second kappa shape index (κ2) is 7.77. The van der Waals surface area contributed by atoms with E-state index in [1.165, 1.54) is 0 Å². The third-order valence-corrected chi connectivity index (χ3v) is 3.61. The normalized spacial score (nSPS) is 12.0. The molecule has 1 heterocycles. The highest BCUT2D eigenvalue weighted by atomic mass is 16.6. The SMILES string of the molecule is CCCC(=O)Oc1c(OC(=O)C(C)CC)c(=O)oc2ccccc12. The molecule has 0 aliphatic rings. The predicted molar refractivity (Wildman–Crippen MR) is 88.1 cm³/mol. The largest absolute Gasteiger partial charge is 0.421 e. The van der Waals surface area contributed by atoms with E-state index in [1.807, 2.05) is 13.8 Å². The number of esters is 2. The molecule has 1 unspecified atom stereocenters. The maximum atomic E-state index is 12.2. The summed E-state index contributed by atoms with van der Waals surface area (Å²) < 4.78 is 15.7. The van der Waals surface area contributed by atoms with Gasteiger partial charge in [0, 0.05) is 6.42 Å². The summed E-state index contributed by atoms with van der Waals surface area (Å²) in [6.45, 7) is 5.35. The molecule has 6 heteroatoms. The Balaban J connectivity index is 2.55. The number of benzene rings is 1. The highest BCUT2D eigenvalue weighted by Gasteiger charge is 2.24. The molecule has 1 aromatic carbocycles. The Morgan fingerprint density at radius 1 is 1.12 bits per heavy atom. The van der Waals surface area contributed by atoms with Crippen molar-refractivity contribution in [2.75, 3.05) is 0 Å². The minimum atomic E-state index is -0.857. The van der Waals surface area contributed by atoms with E-state index < -0.39 is 23.5 Å². The second-order valence-electron chi connectivity index (χ2n) is 5.50. The Morgan fingerprint density at radius 2 is 1.83 bits per heavy atom. The first-order valence-corrected chi connectivity index (χ1v) is 7.96. The standard InChI is InChI=1S/C18H20O6/c1-4-8-14(19)23-15-12-9-6-7-10-13(12)22-18(21)16(15)24-17(20)11(3)5-2/h6-7,9-11H,4-5,8H2,1-3H3. The molecule has 2 aromatic rings. The van der Waals surface area contributed by atoms with Crippen LogP contribution in [-0.4, -0.2) is 11.9 Å². The molecular formula is C18H20O6. The number of hydrogen-bond donors (Lipinski definition) is 0. The molecule has 0 N–H and O–H groups in total. The van der Waals surface area contributed by atoms with E-state index in [-0.39, 0.29) is 23.5 Å². The summed E-state index contributed by atoms with van der Waals surface area (Å²) in [6.07, 6.45) is 1.34. The summed E-state index contributed by atoms with van der Waals surface area (Å²) in [6, 6.07) is 6.61. The van der Waals surface area contributed by atoms with Gasteiger partial charge in [-0.15, -0.1) is 0 Å². The average Bonchev–Trinajstić information content (AvgIpc) is 2.57.